The second-order valence-corrected chi connectivity index (χ2v) is 17.3. The molecule has 0 heterocycles. The number of aliphatic hydroxyl groups is 1. The normalized spacial score (nSPS) is 19.9. The number of nitrogens with zero attached hydrogens (tertiary/aromatic N) is 2. The van der Waals surface area contributed by atoms with Crippen LogP contribution in [-0.4, -0.2) is 77.3 Å². The number of benzene rings is 3. The summed E-state index contributed by atoms with van der Waals surface area (Å²) >= 11 is 0. The van der Waals surface area contributed by atoms with Crippen molar-refractivity contribution in [1.82, 2.24) is 4.72 Å². The molecule has 1 fully saturated rings. The lowest BCUT2D eigenvalue weighted by molar-refractivity contribution is -0.512. The third-order valence-corrected chi connectivity index (χ3v) is 10.4. The van der Waals surface area contributed by atoms with Crippen LogP contribution in [-0.2, 0) is 37.9 Å². The number of Topliss-reactive ketones (excluding diaryl/α,β-unsaturated/α-hetero) is 1. The highest BCUT2D eigenvalue weighted by Crippen LogP contribution is 2.47. The topological polar surface area (TPSA) is 145 Å². The van der Waals surface area contributed by atoms with Crippen molar-refractivity contribution in [3.05, 3.63) is 124 Å². The predicted octanol–water partition coefficient (Wildman–Crippen LogP) is 5.26. The van der Waals surface area contributed by atoms with Gasteiger partial charge < -0.3 is 14.7 Å². The lowest BCUT2D eigenvalue weighted by Gasteiger charge is -2.38. The van der Waals surface area contributed by atoms with Gasteiger partial charge in [-0.2, -0.15) is 0 Å². The fourth-order valence-electron chi connectivity index (χ4n) is 6.71. The van der Waals surface area contributed by atoms with E-state index in [-0.39, 0.29) is 28.1 Å². The summed E-state index contributed by atoms with van der Waals surface area (Å²) in [5, 5.41) is 11.8. The first-order valence-electron chi connectivity index (χ1n) is 17.6. The lowest BCUT2D eigenvalue weighted by Crippen LogP contribution is -2.45. The first-order chi connectivity index (χ1) is 25.1. The molecule has 2 aliphatic carbocycles. The highest BCUT2D eigenvalue weighted by molar-refractivity contribution is 7.92. The number of ether oxygens (including phenoxy) is 1. The minimum absolute atomic E-state index is 0.0301. The molecule has 0 amide bonds. The molecule has 5 rings (SSSR count). The number of allylic oxidation sites excluding steroid dienone is 3. The van der Waals surface area contributed by atoms with Gasteiger partial charge in [0.1, 0.15) is 12.8 Å². The zero-order valence-corrected chi connectivity index (χ0v) is 32.7. The van der Waals surface area contributed by atoms with Gasteiger partial charge in [-0.3, -0.25) is 14.2 Å². The van der Waals surface area contributed by atoms with Crippen LogP contribution in [0.3, 0.4) is 0 Å². The number of rotatable bonds is 15. The van der Waals surface area contributed by atoms with Gasteiger partial charge in [-0.05, 0) is 42.7 Å². The van der Waals surface area contributed by atoms with E-state index in [1.54, 1.807) is 24.3 Å². The van der Waals surface area contributed by atoms with E-state index in [2.05, 4.69) is 16.4 Å². The average Bonchev–Trinajstić information content (AvgIpc) is 3.08. The molecule has 11 nitrogen and oxygen atoms in total. The van der Waals surface area contributed by atoms with Gasteiger partial charge in [0.25, 0.3) is 0 Å². The van der Waals surface area contributed by atoms with Gasteiger partial charge in [0, 0.05) is 42.0 Å². The summed E-state index contributed by atoms with van der Waals surface area (Å²) in [6.07, 6.45) is 6.80. The summed E-state index contributed by atoms with van der Waals surface area (Å²) in [7, 11) is -3.83. The number of anilines is 2. The van der Waals surface area contributed by atoms with Crippen molar-refractivity contribution >= 4 is 42.9 Å². The van der Waals surface area contributed by atoms with Crippen LogP contribution >= 0.6 is 0 Å². The summed E-state index contributed by atoms with van der Waals surface area (Å²) in [4.78, 5) is 16.2. The molecule has 0 bridgehead atoms. The van der Waals surface area contributed by atoms with Crippen molar-refractivity contribution in [2.45, 2.75) is 58.2 Å². The zero-order valence-electron chi connectivity index (χ0n) is 31.1. The molecular weight excluding hydrogens is 713 g/mol. The van der Waals surface area contributed by atoms with Crippen molar-refractivity contribution in [2.24, 2.45) is 0 Å². The van der Waals surface area contributed by atoms with Crippen LogP contribution in [0.2, 0.25) is 0 Å². The Morgan fingerprint density at radius 3 is 2.09 bits per heavy atom. The number of carbonyl (C=O) groups excluding carboxylic acids is 1. The van der Waals surface area contributed by atoms with Crippen molar-refractivity contribution in [3.63, 3.8) is 0 Å². The second-order valence-electron chi connectivity index (χ2n) is 13.8. The maximum Gasteiger partial charge on any atom is 0.229 e. The van der Waals surface area contributed by atoms with E-state index in [1.165, 1.54) is 0 Å². The molecule has 53 heavy (non-hydrogen) atoms. The minimum Gasteiger partial charge on any atom is -0.491 e. The molecule has 2 unspecified atom stereocenters. The van der Waals surface area contributed by atoms with Crippen molar-refractivity contribution in [1.29, 1.82) is 0 Å². The fourth-order valence-corrected chi connectivity index (χ4v) is 7.85. The van der Waals surface area contributed by atoms with E-state index in [0.29, 0.717) is 31.1 Å². The molecule has 0 aromatic heterocycles. The lowest BCUT2D eigenvalue weighted by atomic mass is 9.68. The SMILES string of the molecule is CCCCCOc1cc(C2C(=O)/C(=C3\C=C(C)C(=[N+](C)Cc4ccccc4)C=C3NS(C)(=O)=O)C2O)c(NS(C)(=O)=O)cc1N(C)Cc1ccccc1. The molecule has 2 atom stereocenters. The van der Waals surface area contributed by atoms with Gasteiger partial charge in [0.15, 0.2) is 12.3 Å². The van der Waals surface area contributed by atoms with E-state index in [4.69, 9.17) is 4.74 Å². The number of hydrogen-bond donors (Lipinski definition) is 3. The van der Waals surface area contributed by atoms with Gasteiger partial charge in [-0.15, -0.1) is 0 Å². The Bertz CT molecular complexity index is 2200. The molecule has 282 valence electrons. The fraction of sp³-hybridized carbons (Fsp3) is 0.350. The third kappa shape index (κ3) is 9.83. The van der Waals surface area contributed by atoms with Crippen molar-refractivity contribution < 1.29 is 36.0 Å². The van der Waals surface area contributed by atoms with Crippen LogP contribution in [0.4, 0.5) is 11.4 Å². The van der Waals surface area contributed by atoms with Gasteiger partial charge in [-0.25, -0.2) is 21.4 Å². The van der Waals surface area contributed by atoms with Gasteiger partial charge >= 0.3 is 0 Å². The average molecular weight is 762 g/mol. The third-order valence-electron chi connectivity index (χ3n) is 9.20. The molecular formula is C40H49N4O7S2+. The van der Waals surface area contributed by atoms with Crippen LogP contribution in [0.5, 0.6) is 5.75 Å². The van der Waals surface area contributed by atoms with Gasteiger partial charge in [0.05, 0.1) is 48.2 Å². The molecule has 13 heteroatoms. The van der Waals surface area contributed by atoms with E-state index in [9.17, 15) is 26.7 Å². The van der Waals surface area contributed by atoms with Crippen LogP contribution in [0.15, 0.2) is 107 Å². The Kier molecular flexibility index (Phi) is 12.3. The first kappa shape index (κ1) is 39.5. The summed E-state index contributed by atoms with van der Waals surface area (Å²) in [5.74, 6) is -1.16. The largest absolute Gasteiger partial charge is 0.491 e. The van der Waals surface area contributed by atoms with E-state index < -0.39 is 37.9 Å². The maximum absolute atomic E-state index is 14.2. The zero-order chi connectivity index (χ0) is 38.5. The Hall–Kier alpha value is -4.72. The van der Waals surface area contributed by atoms with Gasteiger partial charge in [0.2, 0.25) is 25.8 Å². The Labute approximate surface area is 313 Å². The summed E-state index contributed by atoms with van der Waals surface area (Å²) < 4.78 is 63.9. The van der Waals surface area contributed by atoms with Crippen molar-refractivity contribution in [3.8, 4) is 5.75 Å². The summed E-state index contributed by atoms with van der Waals surface area (Å²) in [5.41, 5.74) is 5.04. The molecule has 3 aromatic rings. The van der Waals surface area contributed by atoms with Crippen LogP contribution in [0, 0.1) is 0 Å². The standard InChI is InChI=1S/C40H48N4O7S2/c1-7-8-15-20-51-36-22-31(33(42-53(6,49)50)24-35(36)44(4)26-29-18-13-10-14-19-29)38-39(45)37(40(38)46)30-21-27(2)34(23-32(30)41-52(5,47)48)43(3)25-28-16-11-9-12-17-28/h9-14,16-19,21-24,38-39,42,45H,7-8,15,20,25-26H2,1-6H3/p+1/b37-30+. The molecule has 3 aromatic carbocycles. The molecule has 0 radical (unpaired) electrons. The number of aliphatic hydroxyl groups excluding tert-OH is 1. The van der Waals surface area contributed by atoms with Crippen LogP contribution < -0.4 is 19.1 Å². The molecule has 0 aliphatic heterocycles. The van der Waals surface area contributed by atoms with Gasteiger partial charge in [-0.1, -0.05) is 80.4 Å². The van der Waals surface area contributed by atoms with E-state index >= 15 is 0 Å². The highest BCUT2D eigenvalue weighted by atomic mass is 32.2. The number of unbranched alkanes of at least 4 members (excludes halogenated alkanes) is 2. The van der Waals surface area contributed by atoms with E-state index in [0.717, 1.165) is 54.2 Å². The molecule has 3 N–H and O–H groups in total. The molecule has 0 spiro atoms. The number of nitrogens with one attached hydrogen (secondary N) is 2. The minimum atomic E-state index is -3.82. The Morgan fingerprint density at radius 1 is 0.887 bits per heavy atom. The monoisotopic (exact) mass is 761 g/mol. The molecule has 0 saturated heterocycles. The van der Waals surface area contributed by atoms with E-state index in [1.807, 2.05) is 91.2 Å². The Balaban J connectivity index is 1.58. The quantitative estimate of drug-likeness (QED) is 0.108. The summed E-state index contributed by atoms with van der Waals surface area (Å²) in [6.45, 7) is 5.41. The summed E-state index contributed by atoms with van der Waals surface area (Å²) in [6, 6.07) is 22.9. The predicted molar refractivity (Wildman–Crippen MR) is 210 cm³/mol. The number of sulfonamides is 2. The number of ketones is 1. The van der Waals surface area contributed by atoms with Crippen LogP contribution in [0.1, 0.15) is 55.7 Å². The molecule has 1 saturated carbocycles. The second kappa shape index (κ2) is 16.5. The molecule has 2 aliphatic rings. The smallest absolute Gasteiger partial charge is 0.229 e. The first-order valence-corrected chi connectivity index (χ1v) is 21.3. The maximum atomic E-state index is 14.2. The van der Waals surface area contributed by atoms with Crippen molar-refractivity contribution in [2.75, 3.05) is 42.8 Å². The highest BCUT2D eigenvalue weighted by Gasteiger charge is 2.49. The van der Waals surface area contributed by atoms with Crippen LogP contribution in [0.25, 0.3) is 0 Å². The number of carbonyl (C=O) groups is 1. The number of hydrogen-bond acceptors (Lipinski definition) is 8. The Morgan fingerprint density at radius 2 is 1.51 bits per heavy atom.